The fourth-order valence-corrected chi connectivity index (χ4v) is 3.22. The average Bonchev–Trinajstić information content (AvgIpc) is 2.79. The van der Waals surface area contributed by atoms with Crippen molar-refractivity contribution >= 4 is 18.1 Å². The average molecular weight is 355 g/mol. The topological polar surface area (TPSA) is 79.4 Å². The van der Waals surface area contributed by atoms with Crippen LogP contribution in [0.1, 0.15) is 34.6 Å². The van der Waals surface area contributed by atoms with E-state index in [-0.39, 0.29) is 30.7 Å². The Labute approximate surface area is 149 Å². The van der Waals surface area contributed by atoms with Crippen LogP contribution in [0.4, 0.5) is 9.59 Å². The van der Waals surface area contributed by atoms with Crippen LogP contribution in [0.2, 0.25) is 0 Å². The molecule has 142 valence electrons. The molecular formula is C17H29N3O5. The van der Waals surface area contributed by atoms with Crippen LogP contribution in [-0.4, -0.2) is 84.3 Å². The molecule has 3 amide bonds. The summed E-state index contributed by atoms with van der Waals surface area (Å²) in [6, 6.07) is -0.173. The van der Waals surface area contributed by atoms with Gasteiger partial charge in [0.15, 0.2) is 0 Å². The summed E-state index contributed by atoms with van der Waals surface area (Å²) in [5, 5.41) is 0. The van der Waals surface area contributed by atoms with Gasteiger partial charge in [0, 0.05) is 32.7 Å². The van der Waals surface area contributed by atoms with Gasteiger partial charge in [-0.3, -0.25) is 4.79 Å². The first-order chi connectivity index (χ1) is 11.4. The molecule has 2 saturated heterocycles. The molecule has 8 heteroatoms. The molecule has 0 saturated carbocycles. The minimum Gasteiger partial charge on any atom is -0.469 e. The highest BCUT2D eigenvalue weighted by molar-refractivity contribution is 5.81. The van der Waals surface area contributed by atoms with Crippen molar-refractivity contribution < 1.29 is 23.9 Å². The summed E-state index contributed by atoms with van der Waals surface area (Å²) in [7, 11) is 1.35. The number of amides is 3. The van der Waals surface area contributed by atoms with Gasteiger partial charge < -0.3 is 24.2 Å². The van der Waals surface area contributed by atoms with Gasteiger partial charge in [0.25, 0.3) is 0 Å². The van der Waals surface area contributed by atoms with Crippen molar-refractivity contribution in [2.75, 3.05) is 39.8 Å². The van der Waals surface area contributed by atoms with Crippen molar-refractivity contribution in [3.63, 3.8) is 0 Å². The van der Waals surface area contributed by atoms with Gasteiger partial charge in [0.2, 0.25) is 0 Å². The maximum Gasteiger partial charge on any atom is 0.410 e. The van der Waals surface area contributed by atoms with E-state index in [0.717, 1.165) is 0 Å². The number of hydrogen-bond acceptors (Lipinski definition) is 5. The van der Waals surface area contributed by atoms with Crippen molar-refractivity contribution in [3.8, 4) is 0 Å². The highest BCUT2D eigenvalue weighted by Gasteiger charge is 2.45. The van der Waals surface area contributed by atoms with Crippen LogP contribution in [-0.2, 0) is 14.3 Å². The fraction of sp³-hybridized carbons (Fsp3) is 0.824. The second kappa shape index (κ2) is 6.72. The van der Waals surface area contributed by atoms with Gasteiger partial charge in [-0.05, 0) is 34.6 Å². The van der Waals surface area contributed by atoms with Crippen LogP contribution in [0, 0.1) is 5.41 Å². The number of piperazine rings is 1. The molecule has 0 aromatic rings. The maximum atomic E-state index is 12.6. The zero-order valence-electron chi connectivity index (χ0n) is 16.0. The van der Waals surface area contributed by atoms with Crippen LogP contribution in [0.5, 0.6) is 0 Å². The lowest BCUT2D eigenvalue weighted by Crippen LogP contribution is -2.54. The maximum absolute atomic E-state index is 12.6. The third kappa shape index (κ3) is 4.35. The summed E-state index contributed by atoms with van der Waals surface area (Å²) in [5.74, 6) is -0.347. The first-order valence-electron chi connectivity index (χ1n) is 8.56. The van der Waals surface area contributed by atoms with Crippen LogP contribution in [0.15, 0.2) is 0 Å². The van der Waals surface area contributed by atoms with E-state index in [1.807, 2.05) is 20.8 Å². The van der Waals surface area contributed by atoms with Crippen LogP contribution in [0.3, 0.4) is 0 Å². The first-order valence-corrected chi connectivity index (χ1v) is 8.56. The summed E-state index contributed by atoms with van der Waals surface area (Å²) in [6.45, 7) is 11.1. The van der Waals surface area contributed by atoms with E-state index in [1.165, 1.54) is 7.11 Å². The van der Waals surface area contributed by atoms with Gasteiger partial charge in [0.1, 0.15) is 5.60 Å². The predicted octanol–water partition coefficient (Wildman–Crippen LogP) is 1.54. The van der Waals surface area contributed by atoms with Crippen molar-refractivity contribution in [2.24, 2.45) is 5.41 Å². The molecule has 2 aliphatic rings. The van der Waals surface area contributed by atoms with E-state index < -0.39 is 11.0 Å². The predicted molar refractivity (Wildman–Crippen MR) is 91.1 cm³/mol. The molecule has 0 radical (unpaired) electrons. The Morgan fingerprint density at radius 3 is 2.32 bits per heavy atom. The highest BCUT2D eigenvalue weighted by Crippen LogP contribution is 2.26. The van der Waals surface area contributed by atoms with Crippen molar-refractivity contribution in [3.05, 3.63) is 0 Å². The fourth-order valence-electron chi connectivity index (χ4n) is 3.22. The number of hydrogen-bond donors (Lipinski definition) is 0. The summed E-state index contributed by atoms with van der Waals surface area (Å²) < 4.78 is 10.2. The number of methoxy groups -OCH3 is 1. The molecule has 2 fully saturated rings. The number of carbonyl (C=O) groups excluding carboxylic acids is 3. The lowest BCUT2D eigenvalue weighted by molar-refractivity contribution is -0.151. The molecule has 0 bridgehead atoms. The number of fused-ring (bicyclic) bond motifs is 1. The summed E-state index contributed by atoms with van der Waals surface area (Å²) in [5.41, 5.74) is -1.32. The van der Waals surface area contributed by atoms with E-state index in [0.29, 0.717) is 26.2 Å². The highest BCUT2D eigenvalue weighted by atomic mass is 16.6. The Kier molecular flexibility index (Phi) is 5.20. The molecule has 2 heterocycles. The van der Waals surface area contributed by atoms with Gasteiger partial charge in [-0.1, -0.05) is 0 Å². The third-order valence-corrected chi connectivity index (χ3v) is 4.41. The lowest BCUT2D eigenvalue weighted by Gasteiger charge is -2.37. The standard InChI is InChI=1S/C17H29N3O5/c1-16(2,3)25-15(23)18-7-8-20-12(9-18)10-19(14(20)22)11-17(4,5)13(21)24-6/h12H,7-11H2,1-6H3/t12-/m0/s1. The number of carbonyl (C=O) groups is 3. The lowest BCUT2D eigenvalue weighted by atomic mass is 9.93. The van der Waals surface area contributed by atoms with Gasteiger partial charge in [-0.15, -0.1) is 0 Å². The minimum atomic E-state index is -0.774. The molecule has 0 unspecified atom stereocenters. The second-order valence-electron chi connectivity index (χ2n) is 8.31. The van der Waals surface area contributed by atoms with Gasteiger partial charge in [0.05, 0.1) is 18.6 Å². The van der Waals surface area contributed by atoms with Crippen molar-refractivity contribution in [2.45, 2.75) is 46.3 Å². The van der Waals surface area contributed by atoms with Crippen LogP contribution < -0.4 is 0 Å². The number of urea groups is 1. The Bertz CT molecular complexity index is 555. The number of esters is 1. The van der Waals surface area contributed by atoms with Crippen LogP contribution in [0.25, 0.3) is 0 Å². The largest absolute Gasteiger partial charge is 0.469 e. The van der Waals surface area contributed by atoms with Gasteiger partial charge in [-0.25, -0.2) is 9.59 Å². The van der Waals surface area contributed by atoms with Crippen molar-refractivity contribution in [1.82, 2.24) is 14.7 Å². The quantitative estimate of drug-likeness (QED) is 0.718. The van der Waals surface area contributed by atoms with E-state index in [4.69, 9.17) is 9.47 Å². The minimum absolute atomic E-state index is 0.0813. The van der Waals surface area contributed by atoms with E-state index >= 15 is 0 Å². The SMILES string of the molecule is COC(=O)C(C)(C)CN1C[C@@H]2CN(C(=O)OC(C)(C)C)CCN2C1=O. The monoisotopic (exact) mass is 355 g/mol. The molecule has 8 nitrogen and oxygen atoms in total. The Balaban J connectivity index is 2.00. The zero-order chi connectivity index (χ0) is 19.0. The number of ether oxygens (including phenoxy) is 2. The van der Waals surface area contributed by atoms with E-state index in [2.05, 4.69) is 0 Å². The van der Waals surface area contributed by atoms with Crippen LogP contribution >= 0.6 is 0 Å². The zero-order valence-corrected chi connectivity index (χ0v) is 16.0. The van der Waals surface area contributed by atoms with E-state index in [1.54, 1.807) is 28.5 Å². The van der Waals surface area contributed by atoms with Gasteiger partial charge in [-0.2, -0.15) is 0 Å². The molecule has 0 aromatic carbocycles. The number of rotatable bonds is 3. The number of nitrogens with zero attached hydrogens (tertiary/aromatic N) is 3. The summed E-state index contributed by atoms with van der Waals surface area (Å²) >= 11 is 0. The Hall–Kier alpha value is -1.99. The summed E-state index contributed by atoms with van der Waals surface area (Å²) in [4.78, 5) is 41.8. The molecule has 2 aliphatic heterocycles. The molecule has 0 spiro atoms. The molecule has 1 atom stereocenters. The molecular weight excluding hydrogens is 326 g/mol. The third-order valence-electron chi connectivity index (χ3n) is 4.41. The summed E-state index contributed by atoms with van der Waals surface area (Å²) in [6.07, 6.45) is -0.354. The van der Waals surface area contributed by atoms with E-state index in [9.17, 15) is 14.4 Å². The normalized spacial score (nSPS) is 21.3. The smallest absolute Gasteiger partial charge is 0.410 e. The molecule has 0 aromatic heterocycles. The first kappa shape index (κ1) is 19.3. The molecule has 0 N–H and O–H groups in total. The molecule has 2 rings (SSSR count). The molecule has 0 aliphatic carbocycles. The Morgan fingerprint density at radius 1 is 1.12 bits per heavy atom. The Morgan fingerprint density at radius 2 is 1.76 bits per heavy atom. The molecule has 25 heavy (non-hydrogen) atoms. The second-order valence-corrected chi connectivity index (χ2v) is 8.31. The van der Waals surface area contributed by atoms with Gasteiger partial charge >= 0.3 is 18.1 Å². The van der Waals surface area contributed by atoms with Crippen molar-refractivity contribution in [1.29, 1.82) is 0 Å².